The molecule has 132 valence electrons. The number of amides is 2. The minimum absolute atomic E-state index is 0.172. The Balaban J connectivity index is 1.65. The number of hydrazine groups is 1. The van der Waals surface area contributed by atoms with Crippen molar-refractivity contribution in [3.05, 3.63) is 39.6 Å². The van der Waals surface area contributed by atoms with E-state index in [1.54, 1.807) is 18.2 Å². The fourth-order valence-electron chi connectivity index (χ4n) is 2.30. The summed E-state index contributed by atoms with van der Waals surface area (Å²) < 4.78 is 11.4. The van der Waals surface area contributed by atoms with Crippen LogP contribution in [0.2, 0.25) is 0 Å². The summed E-state index contributed by atoms with van der Waals surface area (Å²) in [5.74, 6) is 0.271. The monoisotopic (exact) mass is 408 g/mol. The molecule has 8 nitrogen and oxygen atoms in total. The number of ether oxygens (including phenoxy) is 2. The van der Waals surface area contributed by atoms with Crippen molar-refractivity contribution >= 4 is 27.7 Å². The van der Waals surface area contributed by atoms with E-state index in [0.717, 1.165) is 5.69 Å². The first-order chi connectivity index (χ1) is 12.0. The maximum atomic E-state index is 12.2. The third kappa shape index (κ3) is 3.60. The number of nitrogens with one attached hydrogen (secondary N) is 3. The van der Waals surface area contributed by atoms with Crippen LogP contribution in [0.4, 0.5) is 0 Å². The molecule has 1 aliphatic heterocycles. The lowest BCUT2D eigenvalue weighted by Gasteiger charge is -2.18. The van der Waals surface area contributed by atoms with Gasteiger partial charge in [0.05, 0.1) is 10.2 Å². The quantitative estimate of drug-likeness (QED) is 0.674. The SMILES string of the molecule is CC(C)c1[nH]nc(C(=O)NNC(=O)c2ccc3c(c2)OCCO3)c1Br. The maximum Gasteiger partial charge on any atom is 0.291 e. The molecule has 1 aromatic heterocycles. The van der Waals surface area contributed by atoms with E-state index in [2.05, 4.69) is 37.0 Å². The van der Waals surface area contributed by atoms with Gasteiger partial charge in [-0.1, -0.05) is 13.8 Å². The second kappa shape index (κ2) is 7.14. The van der Waals surface area contributed by atoms with Gasteiger partial charge in [0.25, 0.3) is 11.8 Å². The standard InChI is InChI=1S/C16H17BrN4O4/c1-8(2)13-12(17)14(19-18-13)16(23)21-20-15(22)9-3-4-10-11(7-9)25-6-5-24-10/h3-4,7-8H,5-6H2,1-2H3,(H,18,19)(H,20,22)(H,21,23). The average molecular weight is 409 g/mol. The molecule has 0 unspecified atom stereocenters. The zero-order valence-electron chi connectivity index (χ0n) is 13.7. The number of carbonyl (C=O) groups excluding carboxylic acids is 2. The molecule has 3 N–H and O–H groups in total. The fraction of sp³-hybridized carbons (Fsp3) is 0.312. The largest absolute Gasteiger partial charge is 0.486 e. The second-order valence-electron chi connectivity index (χ2n) is 5.72. The van der Waals surface area contributed by atoms with Gasteiger partial charge in [-0.25, -0.2) is 0 Å². The number of benzene rings is 1. The molecular weight excluding hydrogens is 392 g/mol. The van der Waals surface area contributed by atoms with Crippen LogP contribution < -0.4 is 20.3 Å². The minimum atomic E-state index is -0.527. The molecule has 0 spiro atoms. The number of carbonyl (C=O) groups is 2. The van der Waals surface area contributed by atoms with Crippen molar-refractivity contribution in [1.82, 2.24) is 21.0 Å². The van der Waals surface area contributed by atoms with Crippen LogP contribution in [-0.4, -0.2) is 35.2 Å². The predicted molar refractivity (Wildman–Crippen MR) is 92.7 cm³/mol. The van der Waals surface area contributed by atoms with Crippen molar-refractivity contribution in [3.63, 3.8) is 0 Å². The van der Waals surface area contributed by atoms with Crippen LogP contribution in [0, 0.1) is 0 Å². The third-order valence-electron chi connectivity index (χ3n) is 3.62. The molecule has 0 saturated carbocycles. The number of nitrogens with zero attached hydrogens (tertiary/aromatic N) is 1. The molecule has 2 heterocycles. The molecule has 25 heavy (non-hydrogen) atoms. The van der Waals surface area contributed by atoms with Crippen LogP contribution >= 0.6 is 15.9 Å². The van der Waals surface area contributed by atoms with Gasteiger partial charge in [0.15, 0.2) is 17.2 Å². The zero-order valence-corrected chi connectivity index (χ0v) is 15.3. The number of fused-ring (bicyclic) bond motifs is 1. The van der Waals surface area contributed by atoms with Crippen molar-refractivity contribution in [2.45, 2.75) is 19.8 Å². The number of aromatic amines is 1. The van der Waals surface area contributed by atoms with Crippen LogP contribution in [0.15, 0.2) is 22.7 Å². The minimum Gasteiger partial charge on any atom is -0.486 e. The molecule has 9 heteroatoms. The lowest BCUT2D eigenvalue weighted by atomic mass is 10.1. The van der Waals surface area contributed by atoms with Crippen molar-refractivity contribution in [3.8, 4) is 11.5 Å². The van der Waals surface area contributed by atoms with Gasteiger partial charge in [0, 0.05) is 5.56 Å². The number of aromatic nitrogens is 2. The summed E-state index contributed by atoms with van der Waals surface area (Å²) in [6, 6.07) is 4.82. The number of H-pyrrole nitrogens is 1. The second-order valence-corrected chi connectivity index (χ2v) is 6.51. The summed E-state index contributed by atoms with van der Waals surface area (Å²) in [4.78, 5) is 24.4. The van der Waals surface area contributed by atoms with E-state index < -0.39 is 11.8 Å². The maximum absolute atomic E-state index is 12.2. The Morgan fingerprint density at radius 2 is 1.84 bits per heavy atom. The summed E-state index contributed by atoms with van der Waals surface area (Å²) in [6.45, 7) is 4.86. The summed E-state index contributed by atoms with van der Waals surface area (Å²) in [5, 5.41) is 6.78. The van der Waals surface area contributed by atoms with E-state index in [-0.39, 0.29) is 11.6 Å². The normalized spacial score (nSPS) is 12.8. The molecule has 0 atom stereocenters. The van der Waals surface area contributed by atoms with E-state index in [0.29, 0.717) is 34.7 Å². The third-order valence-corrected chi connectivity index (χ3v) is 4.42. The Morgan fingerprint density at radius 1 is 1.16 bits per heavy atom. The van der Waals surface area contributed by atoms with Gasteiger partial charge in [0.1, 0.15) is 13.2 Å². The molecule has 0 bridgehead atoms. The van der Waals surface area contributed by atoms with Gasteiger partial charge in [-0.2, -0.15) is 5.10 Å². The lowest BCUT2D eigenvalue weighted by molar-refractivity contribution is 0.0843. The van der Waals surface area contributed by atoms with Gasteiger partial charge in [0.2, 0.25) is 0 Å². The van der Waals surface area contributed by atoms with Gasteiger partial charge in [-0.15, -0.1) is 0 Å². The topological polar surface area (TPSA) is 105 Å². The summed E-state index contributed by atoms with van der Waals surface area (Å²) in [7, 11) is 0. The Morgan fingerprint density at radius 3 is 2.52 bits per heavy atom. The van der Waals surface area contributed by atoms with E-state index in [1.807, 2.05) is 13.8 Å². The summed E-state index contributed by atoms with van der Waals surface area (Å²) >= 11 is 3.35. The molecule has 0 aliphatic carbocycles. The van der Waals surface area contributed by atoms with Crippen LogP contribution in [-0.2, 0) is 0 Å². The molecule has 0 saturated heterocycles. The molecular formula is C16H17BrN4O4. The molecule has 2 aromatic rings. The first kappa shape index (κ1) is 17.3. The van der Waals surface area contributed by atoms with Crippen molar-refractivity contribution < 1.29 is 19.1 Å². The highest BCUT2D eigenvalue weighted by molar-refractivity contribution is 9.10. The molecule has 1 aromatic carbocycles. The van der Waals surface area contributed by atoms with Crippen LogP contribution in [0.1, 0.15) is 46.3 Å². The van der Waals surface area contributed by atoms with Gasteiger partial charge >= 0.3 is 0 Å². The van der Waals surface area contributed by atoms with Crippen molar-refractivity contribution in [2.24, 2.45) is 0 Å². The van der Waals surface area contributed by atoms with E-state index in [9.17, 15) is 9.59 Å². The van der Waals surface area contributed by atoms with E-state index >= 15 is 0 Å². The average Bonchev–Trinajstić information content (AvgIpc) is 3.00. The summed E-state index contributed by atoms with van der Waals surface area (Å²) in [6.07, 6.45) is 0. The first-order valence-corrected chi connectivity index (χ1v) is 8.50. The highest BCUT2D eigenvalue weighted by atomic mass is 79.9. The number of halogens is 1. The zero-order chi connectivity index (χ0) is 18.0. The Bertz CT molecular complexity index is 818. The molecule has 0 radical (unpaired) electrons. The fourth-order valence-corrected chi connectivity index (χ4v) is 3.12. The van der Waals surface area contributed by atoms with E-state index in [1.165, 1.54) is 0 Å². The number of hydrogen-bond acceptors (Lipinski definition) is 5. The molecule has 3 rings (SSSR count). The Kier molecular flexibility index (Phi) is 4.93. The van der Waals surface area contributed by atoms with Crippen LogP contribution in [0.25, 0.3) is 0 Å². The molecule has 1 aliphatic rings. The van der Waals surface area contributed by atoms with Gasteiger partial charge < -0.3 is 9.47 Å². The van der Waals surface area contributed by atoms with Gasteiger partial charge in [-0.05, 0) is 40.0 Å². The van der Waals surface area contributed by atoms with Gasteiger partial charge in [-0.3, -0.25) is 25.5 Å². The first-order valence-electron chi connectivity index (χ1n) is 7.71. The van der Waals surface area contributed by atoms with Crippen LogP contribution in [0.5, 0.6) is 11.5 Å². The predicted octanol–water partition coefficient (Wildman–Crippen LogP) is 2.14. The summed E-state index contributed by atoms with van der Waals surface area (Å²) in [5.41, 5.74) is 6.03. The number of hydrogen-bond donors (Lipinski definition) is 3. The number of rotatable bonds is 3. The highest BCUT2D eigenvalue weighted by Crippen LogP contribution is 2.30. The van der Waals surface area contributed by atoms with Crippen LogP contribution in [0.3, 0.4) is 0 Å². The van der Waals surface area contributed by atoms with E-state index in [4.69, 9.17) is 9.47 Å². The lowest BCUT2D eigenvalue weighted by Crippen LogP contribution is -2.42. The Hall–Kier alpha value is -2.55. The molecule has 2 amide bonds. The smallest absolute Gasteiger partial charge is 0.291 e. The van der Waals surface area contributed by atoms with Crippen molar-refractivity contribution in [2.75, 3.05) is 13.2 Å². The highest BCUT2D eigenvalue weighted by Gasteiger charge is 2.20. The van der Waals surface area contributed by atoms with Crippen molar-refractivity contribution in [1.29, 1.82) is 0 Å². The Labute approximate surface area is 152 Å². The molecule has 0 fully saturated rings.